The van der Waals surface area contributed by atoms with Crippen LogP contribution in [-0.2, 0) is 0 Å². The maximum absolute atomic E-state index is 12.3. The number of anilines is 1. The topological polar surface area (TPSA) is 50.4 Å². The van der Waals surface area contributed by atoms with E-state index in [9.17, 15) is 31.1 Å². The van der Waals surface area contributed by atoms with Gasteiger partial charge in [0.15, 0.2) is 0 Å². The molecule has 0 spiro atoms. The van der Waals surface area contributed by atoms with Crippen molar-refractivity contribution in [3.8, 4) is 18.1 Å². The van der Waals surface area contributed by atoms with Gasteiger partial charge >= 0.3 is 12.5 Å². The average Bonchev–Trinajstić information content (AvgIpc) is 2.45. The van der Waals surface area contributed by atoms with E-state index in [1.54, 1.807) is 0 Å². The molecule has 0 aliphatic rings. The van der Waals surface area contributed by atoms with Crippen LogP contribution < -0.4 is 15.4 Å². The van der Waals surface area contributed by atoms with Crippen LogP contribution in [0.25, 0.3) is 0 Å². The SMILES string of the molecule is C#CC(C)(C)NC(=O)c1cc(OC(F)(F)F)ccc1NCCC(F)(F)F. The summed E-state index contributed by atoms with van der Waals surface area (Å²) < 4.78 is 77.5. The molecule has 0 unspecified atom stereocenters. The molecular formula is C16H16F6N2O2. The number of carbonyl (C=O) groups is 1. The first-order chi connectivity index (χ1) is 11.7. The van der Waals surface area contributed by atoms with Crippen molar-refractivity contribution in [2.24, 2.45) is 0 Å². The fourth-order valence-electron chi connectivity index (χ4n) is 1.79. The zero-order valence-corrected chi connectivity index (χ0v) is 13.8. The van der Waals surface area contributed by atoms with E-state index >= 15 is 0 Å². The Morgan fingerprint density at radius 3 is 2.31 bits per heavy atom. The fraction of sp³-hybridized carbons (Fsp3) is 0.438. The molecule has 10 heteroatoms. The van der Waals surface area contributed by atoms with Crippen molar-refractivity contribution in [3.05, 3.63) is 23.8 Å². The van der Waals surface area contributed by atoms with E-state index in [0.29, 0.717) is 0 Å². The van der Waals surface area contributed by atoms with Gasteiger partial charge in [-0.25, -0.2) is 0 Å². The van der Waals surface area contributed by atoms with Crippen molar-refractivity contribution in [1.29, 1.82) is 0 Å². The van der Waals surface area contributed by atoms with E-state index in [4.69, 9.17) is 6.42 Å². The van der Waals surface area contributed by atoms with E-state index in [2.05, 4.69) is 21.3 Å². The van der Waals surface area contributed by atoms with Gasteiger partial charge in [0, 0.05) is 12.2 Å². The molecule has 0 aliphatic heterocycles. The molecule has 0 saturated carbocycles. The third-order valence-electron chi connectivity index (χ3n) is 2.98. The Kier molecular flexibility index (Phi) is 6.41. The van der Waals surface area contributed by atoms with Crippen LogP contribution in [0.4, 0.5) is 32.0 Å². The summed E-state index contributed by atoms with van der Waals surface area (Å²) >= 11 is 0. The smallest absolute Gasteiger partial charge is 0.406 e. The van der Waals surface area contributed by atoms with Gasteiger partial charge in [0.2, 0.25) is 0 Å². The molecule has 0 saturated heterocycles. The molecule has 0 fully saturated rings. The van der Waals surface area contributed by atoms with Crippen LogP contribution in [-0.4, -0.2) is 30.5 Å². The average molecular weight is 382 g/mol. The summed E-state index contributed by atoms with van der Waals surface area (Å²) in [5.41, 5.74) is -1.55. The predicted molar refractivity (Wildman–Crippen MR) is 82.7 cm³/mol. The lowest BCUT2D eigenvalue weighted by molar-refractivity contribution is -0.274. The molecule has 1 aromatic rings. The van der Waals surface area contributed by atoms with Gasteiger partial charge in [-0.1, -0.05) is 5.92 Å². The zero-order valence-electron chi connectivity index (χ0n) is 13.8. The lowest BCUT2D eigenvalue weighted by Gasteiger charge is -2.21. The molecule has 2 N–H and O–H groups in total. The molecule has 1 rings (SSSR count). The number of hydrogen-bond acceptors (Lipinski definition) is 3. The van der Waals surface area contributed by atoms with Crippen LogP contribution in [0, 0.1) is 12.3 Å². The molecule has 26 heavy (non-hydrogen) atoms. The first kappa shape index (κ1) is 21.5. The van der Waals surface area contributed by atoms with Crippen LogP contribution in [0.3, 0.4) is 0 Å². The summed E-state index contributed by atoms with van der Waals surface area (Å²) in [5.74, 6) is 0.707. The van der Waals surface area contributed by atoms with Crippen LogP contribution in [0.5, 0.6) is 5.75 Å². The summed E-state index contributed by atoms with van der Waals surface area (Å²) in [7, 11) is 0. The zero-order chi connectivity index (χ0) is 20.2. The van der Waals surface area contributed by atoms with E-state index in [0.717, 1.165) is 18.2 Å². The highest BCUT2D eigenvalue weighted by molar-refractivity contribution is 6.00. The summed E-state index contributed by atoms with van der Waals surface area (Å²) in [6.45, 7) is 2.37. The summed E-state index contributed by atoms with van der Waals surface area (Å²) in [4.78, 5) is 12.3. The molecule has 0 radical (unpaired) electrons. The number of rotatable bonds is 6. The second kappa shape index (κ2) is 7.76. The number of nitrogens with one attached hydrogen (secondary N) is 2. The highest BCUT2D eigenvalue weighted by atomic mass is 19.4. The quantitative estimate of drug-likeness (QED) is 0.576. The van der Waals surface area contributed by atoms with Gasteiger partial charge in [-0.3, -0.25) is 4.79 Å². The molecule has 144 valence electrons. The standard InChI is InChI=1S/C16H16F6N2O2/c1-4-14(2,3)24-13(25)11-9-10(26-16(20,21)22)5-6-12(11)23-8-7-15(17,18)19/h1,5-6,9,23H,7-8H2,2-3H3,(H,24,25). The van der Waals surface area contributed by atoms with E-state index in [1.165, 1.54) is 13.8 Å². The molecule has 0 bridgehead atoms. The molecule has 0 heterocycles. The summed E-state index contributed by atoms with van der Waals surface area (Å²) in [5, 5.41) is 4.76. The number of terminal acetylenes is 1. The van der Waals surface area contributed by atoms with E-state index in [1.807, 2.05) is 0 Å². The molecule has 1 aromatic carbocycles. The number of halogens is 6. The summed E-state index contributed by atoms with van der Waals surface area (Å²) in [6.07, 6.45) is -5.38. The van der Waals surface area contributed by atoms with Gasteiger partial charge in [-0.2, -0.15) is 13.2 Å². The molecular weight excluding hydrogens is 366 g/mol. The van der Waals surface area contributed by atoms with Crippen molar-refractivity contribution in [2.75, 3.05) is 11.9 Å². The van der Waals surface area contributed by atoms with Crippen molar-refractivity contribution in [1.82, 2.24) is 5.32 Å². The minimum atomic E-state index is -4.99. The second-order valence-electron chi connectivity index (χ2n) is 5.77. The fourth-order valence-corrected chi connectivity index (χ4v) is 1.79. The van der Waals surface area contributed by atoms with E-state index in [-0.39, 0.29) is 11.3 Å². The minimum absolute atomic E-state index is 0.0888. The Labute approximate surface area is 145 Å². The lowest BCUT2D eigenvalue weighted by Crippen LogP contribution is -2.42. The first-order valence-electron chi connectivity index (χ1n) is 7.23. The monoisotopic (exact) mass is 382 g/mol. The molecule has 0 aromatic heterocycles. The second-order valence-corrected chi connectivity index (χ2v) is 5.77. The largest absolute Gasteiger partial charge is 0.573 e. The molecule has 0 atom stereocenters. The van der Waals surface area contributed by atoms with Gasteiger partial charge in [0.25, 0.3) is 5.91 Å². The third-order valence-corrected chi connectivity index (χ3v) is 2.98. The molecule has 0 aliphatic carbocycles. The number of alkyl halides is 6. The Morgan fingerprint density at radius 2 is 1.81 bits per heavy atom. The minimum Gasteiger partial charge on any atom is -0.406 e. The number of ether oxygens (including phenoxy) is 1. The highest BCUT2D eigenvalue weighted by Gasteiger charge is 2.32. The number of benzene rings is 1. The number of carbonyl (C=O) groups excluding carboxylic acids is 1. The Morgan fingerprint density at radius 1 is 1.19 bits per heavy atom. The van der Waals surface area contributed by atoms with Crippen LogP contribution >= 0.6 is 0 Å². The third kappa shape index (κ3) is 7.55. The van der Waals surface area contributed by atoms with Crippen molar-refractivity contribution >= 4 is 11.6 Å². The number of amides is 1. The van der Waals surface area contributed by atoms with Crippen molar-refractivity contribution < 1.29 is 35.9 Å². The number of hydrogen-bond donors (Lipinski definition) is 2. The van der Waals surface area contributed by atoms with Gasteiger partial charge in [-0.05, 0) is 32.0 Å². The van der Waals surface area contributed by atoms with Gasteiger partial charge in [-0.15, -0.1) is 19.6 Å². The lowest BCUT2D eigenvalue weighted by atomic mass is 10.1. The van der Waals surface area contributed by atoms with Crippen LogP contribution in [0.2, 0.25) is 0 Å². The maximum Gasteiger partial charge on any atom is 0.573 e. The van der Waals surface area contributed by atoms with Gasteiger partial charge < -0.3 is 15.4 Å². The maximum atomic E-state index is 12.3. The van der Waals surface area contributed by atoms with E-state index < -0.39 is 42.7 Å². The Balaban J connectivity index is 3.11. The molecule has 4 nitrogen and oxygen atoms in total. The Hall–Kier alpha value is -2.57. The molecule has 1 amide bonds. The predicted octanol–water partition coefficient (Wildman–Crippen LogP) is 4.09. The van der Waals surface area contributed by atoms with Crippen LogP contribution in [0.15, 0.2) is 18.2 Å². The summed E-state index contributed by atoms with van der Waals surface area (Å²) in [6, 6.07) is 2.67. The first-order valence-corrected chi connectivity index (χ1v) is 7.23. The normalized spacial score (nSPS) is 12.3. The van der Waals surface area contributed by atoms with Gasteiger partial charge in [0.05, 0.1) is 17.5 Å². The van der Waals surface area contributed by atoms with Crippen molar-refractivity contribution in [2.45, 2.75) is 38.3 Å². The highest BCUT2D eigenvalue weighted by Crippen LogP contribution is 2.28. The van der Waals surface area contributed by atoms with Crippen LogP contribution in [0.1, 0.15) is 30.6 Å². The Bertz CT molecular complexity index is 689. The van der Waals surface area contributed by atoms with Crippen molar-refractivity contribution in [3.63, 3.8) is 0 Å². The van der Waals surface area contributed by atoms with Gasteiger partial charge in [0.1, 0.15) is 5.75 Å².